The van der Waals surface area contributed by atoms with Crippen LogP contribution in [-0.4, -0.2) is 21.1 Å². The normalized spacial score (nSPS) is 10.9. The zero-order valence-electron chi connectivity index (χ0n) is 11.2. The molecule has 0 bridgehead atoms. The minimum absolute atomic E-state index is 0.190. The second-order valence-corrected chi connectivity index (χ2v) is 4.68. The molecule has 5 heteroatoms. The van der Waals surface area contributed by atoms with Gasteiger partial charge >= 0.3 is 0 Å². The minimum atomic E-state index is -0.190. The molecule has 0 saturated carbocycles. The topological polar surface area (TPSA) is 42.2 Å². The molecule has 3 aromatic rings. The van der Waals surface area contributed by atoms with Crippen molar-refractivity contribution >= 4 is 11.3 Å². The first-order valence-corrected chi connectivity index (χ1v) is 6.51. The molecule has 0 unspecified atom stereocenters. The molecule has 0 saturated heterocycles. The summed E-state index contributed by atoms with van der Waals surface area (Å²) in [6.07, 6.45) is 6.09. The predicted octanol–water partition coefficient (Wildman–Crippen LogP) is 2.83. The quantitative estimate of drug-likeness (QED) is 0.792. The Bertz CT molecular complexity index is 736. The van der Waals surface area contributed by atoms with Crippen LogP contribution in [0, 0.1) is 12.7 Å². The Morgan fingerprint density at radius 2 is 2.15 bits per heavy atom. The molecule has 0 radical (unpaired) electrons. The summed E-state index contributed by atoms with van der Waals surface area (Å²) in [6.45, 7) is 2.67. The molecule has 0 aliphatic rings. The van der Waals surface area contributed by atoms with Gasteiger partial charge in [0.2, 0.25) is 0 Å². The Balaban J connectivity index is 1.69. The summed E-state index contributed by atoms with van der Waals surface area (Å²) in [5.74, 6) is 0.620. The van der Waals surface area contributed by atoms with Gasteiger partial charge in [0.15, 0.2) is 5.82 Å². The molecule has 0 spiro atoms. The second-order valence-electron chi connectivity index (χ2n) is 4.68. The van der Waals surface area contributed by atoms with E-state index in [1.807, 2.05) is 25.3 Å². The lowest BCUT2D eigenvalue weighted by atomic mass is 10.1. The van der Waals surface area contributed by atoms with Crippen LogP contribution in [0.25, 0.3) is 5.52 Å². The van der Waals surface area contributed by atoms with Crippen LogP contribution in [0.2, 0.25) is 0 Å². The number of nitrogens with zero attached hydrogens (tertiary/aromatic N) is 3. The zero-order chi connectivity index (χ0) is 13.9. The van der Waals surface area contributed by atoms with Gasteiger partial charge in [0.1, 0.15) is 11.3 Å². The molecule has 20 heavy (non-hydrogen) atoms. The maximum absolute atomic E-state index is 13.0. The largest absolute Gasteiger partial charge is 0.368 e. The van der Waals surface area contributed by atoms with Gasteiger partial charge in [-0.2, -0.15) is 5.10 Å². The van der Waals surface area contributed by atoms with Crippen molar-refractivity contribution in [3.63, 3.8) is 0 Å². The van der Waals surface area contributed by atoms with Crippen LogP contribution in [0.3, 0.4) is 0 Å². The first-order chi connectivity index (χ1) is 9.74. The van der Waals surface area contributed by atoms with E-state index in [2.05, 4.69) is 15.4 Å². The van der Waals surface area contributed by atoms with Crippen LogP contribution in [0.1, 0.15) is 11.1 Å². The van der Waals surface area contributed by atoms with E-state index in [1.165, 1.54) is 6.07 Å². The molecule has 0 amide bonds. The van der Waals surface area contributed by atoms with Gasteiger partial charge in [-0.05, 0) is 42.7 Å². The molecule has 0 atom stereocenters. The van der Waals surface area contributed by atoms with E-state index >= 15 is 0 Å². The number of aromatic nitrogens is 3. The van der Waals surface area contributed by atoms with Gasteiger partial charge in [-0.1, -0.05) is 6.07 Å². The minimum Gasteiger partial charge on any atom is -0.368 e. The molecule has 102 valence electrons. The van der Waals surface area contributed by atoms with E-state index in [9.17, 15) is 4.39 Å². The van der Waals surface area contributed by atoms with Gasteiger partial charge in [0, 0.05) is 18.9 Å². The molecule has 4 nitrogen and oxygen atoms in total. The number of benzene rings is 1. The van der Waals surface area contributed by atoms with Crippen LogP contribution in [0.5, 0.6) is 0 Å². The number of fused-ring (bicyclic) bond motifs is 1. The Morgan fingerprint density at radius 3 is 3.00 bits per heavy atom. The lowest BCUT2D eigenvalue weighted by Crippen LogP contribution is -2.08. The summed E-state index contributed by atoms with van der Waals surface area (Å²) in [5, 5.41) is 7.46. The van der Waals surface area contributed by atoms with Crippen LogP contribution < -0.4 is 5.32 Å². The Labute approximate surface area is 116 Å². The van der Waals surface area contributed by atoms with Gasteiger partial charge in [-0.3, -0.25) is 0 Å². The van der Waals surface area contributed by atoms with E-state index in [1.54, 1.807) is 23.0 Å². The smallest absolute Gasteiger partial charge is 0.152 e. The Kier molecular flexibility index (Phi) is 3.33. The van der Waals surface area contributed by atoms with Gasteiger partial charge in [-0.15, -0.1) is 0 Å². The number of anilines is 1. The predicted molar refractivity (Wildman–Crippen MR) is 76.3 cm³/mol. The van der Waals surface area contributed by atoms with E-state index in [0.717, 1.165) is 35.4 Å². The third kappa shape index (κ3) is 2.47. The van der Waals surface area contributed by atoms with Crippen molar-refractivity contribution in [2.75, 3.05) is 11.9 Å². The number of nitrogens with one attached hydrogen (secondary N) is 1. The second kappa shape index (κ2) is 5.28. The van der Waals surface area contributed by atoms with Crippen molar-refractivity contribution < 1.29 is 4.39 Å². The summed E-state index contributed by atoms with van der Waals surface area (Å²) in [4.78, 5) is 4.31. The van der Waals surface area contributed by atoms with E-state index in [-0.39, 0.29) is 5.82 Å². The van der Waals surface area contributed by atoms with E-state index < -0.39 is 0 Å². The van der Waals surface area contributed by atoms with Gasteiger partial charge < -0.3 is 5.32 Å². The molecule has 1 aromatic carbocycles. The van der Waals surface area contributed by atoms with Gasteiger partial charge in [0.05, 0.1) is 6.20 Å². The van der Waals surface area contributed by atoms with Crippen LogP contribution in [0.15, 0.2) is 42.9 Å². The average molecular weight is 270 g/mol. The van der Waals surface area contributed by atoms with E-state index in [4.69, 9.17) is 0 Å². The fourth-order valence-corrected chi connectivity index (χ4v) is 2.25. The lowest BCUT2D eigenvalue weighted by molar-refractivity contribution is 0.625. The first-order valence-electron chi connectivity index (χ1n) is 6.51. The highest BCUT2D eigenvalue weighted by Gasteiger charge is 2.04. The summed E-state index contributed by atoms with van der Waals surface area (Å²) >= 11 is 0. The highest BCUT2D eigenvalue weighted by Crippen LogP contribution is 2.14. The summed E-state index contributed by atoms with van der Waals surface area (Å²) < 4.78 is 14.8. The lowest BCUT2D eigenvalue weighted by Gasteiger charge is -2.09. The van der Waals surface area contributed by atoms with Crippen molar-refractivity contribution in [1.82, 2.24) is 14.6 Å². The number of hydrogen-bond acceptors (Lipinski definition) is 3. The molecule has 1 N–H and O–H groups in total. The third-order valence-corrected chi connectivity index (χ3v) is 3.32. The number of hydrogen-bond donors (Lipinski definition) is 1. The monoisotopic (exact) mass is 270 g/mol. The maximum Gasteiger partial charge on any atom is 0.152 e. The molecule has 0 fully saturated rings. The highest BCUT2D eigenvalue weighted by atomic mass is 19.1. The van der Waals surface area contributed by atoms with Crippen LogP contribution >= 0.6 is 0 Å². The van der Waals surface area contributed by atoms with Crippen molar-refractivity contribution in [2.45, 2.75) is 13.3 Å². The average Bonchev–Trinajstić information content (AvgIpc) is 2.90. The van der Waals surface area contributed by atoms with Gasteiger partial charge in [0.25, 0.3) is 0 Å². The molecule has 3 rings (SSSR count). The Hall–Kier alpha value is -2.43. The number of rotatable bonds is 4. The zero-order valence-corrected chi connectivity index (χ0v) is 11.2. The SMILES string of the molecule is Cc1cc(F)ccc1CCNc1nccn2nccc12. The van der Waals surface area contributed by atoms with Gasteiger partial charge in [-0.25, -0.2) is 13.9 Å². The maximum atomic E-state index is 13.0. The van der Waals surface area contributed by atoms with Crippen molar-refractivity contribution in [3.05, 3.63) is 59.8 Å². The van der Waals surface area contributed by atoms with Crippen molar-refractivity contribution in [3.8, 4) is 0 Å². The third-order valence-electron chi connectivity index (χ3n) is 3.32. The highest BCUT2D eigenvalue weighted by molar-refractivity contribution is 5.66. The molecule has 2 heterocycles. The Morgan fingerprint density at radius 1 is 1.25 bits per heavy atom. The number of halogens is 1. The standard InChI is InChI=1S/C15H15FN4/c1-11-10-13(16)3-2-12(11)4-6-17-15-14-5-7-19-20(14)9-8-18-15/h2-3,5,7-10H,4,6H2,1H3,(H,17,18). The molecular weight excluding hydrogens is 255 g/mol. The summed E-state index contributed by atoms with van der Waals surface area (Å²) in [7, 11) is 0. The fourth-order valence-electron chi connectivity index (χ4n) is 2.25. The van der Waals surface area contributed by atoms with Crippen LogP contribution in [-0.2, 0) is 6.42 Å². The number of aryl methyl sites for hydroxylation is 1. The van der Waals surface area contributed by atoms with Crippen molar-refractivity contribution in [2.24, 2.45) is 0 Å². The van der Waals surface area contributed by atoms with Crippen molar-refractivity contribution in [1.29, 1.82) is 0 Å². The van der Waals surface area contributed by atoms with Crippen LogP contribution in [0.4, 0.5) is 10.2 Å². The fraction of sp³-hybridized carbons (Fsp3) is 0.200. The summed E-state index contributed by atoms with van der Waals surface area (Å²) in [6, 6.07) is 6.81. The molecule has 0 aliphatic carbocycles. The summed E-state index contributed by atoms with van der Waals surface area (Å²) in [5.41, 5.74) is 3.06. The molecular formula is C15H15FN4. The van der Waals surface area contributed by atoms with E-state index in [0.29, 0.717) is 0 Å². The first kappa shape index (κ1) is 12.6. The molecule has 0 aliphatic heterocycles. The molecule has 2 aromatic heterocycles.